The van der Waals surface area contributed by atoms with Crippen molar-refractivity contribution in [2.45, 2.75) is 6.18 Å². The molecule has 0 saturated heterocycles. The molecule has 1 N–H and O–H groups in total. The van der Waals surface area contributed by atoms with Crippen LogP contribution in [0.3, 0.4) is 0 Å². The van der Waals surface area contributed by atoms with Crippen LogP contribution in [-0.2, 0) is 6.18 Å². The minimum absolute atomic E-state index is 0.132. The summed E-state index contributed by atoms with van der Waals surface area (Å²) in [6.45, 7) is 0. The van der Waals surface area contributed by atoms with Gasteiger partial charge in [0.15, 0.2) is 0 Å². The lowest BCUT2D eigenvalue weighted by atomic mass is 10.2. The minimum Gasteiger partial charge on any atom is -0.340 e. The number of aromatic nitrogens is 2. The van der Waals surface area contributed by atoms with Crippen LogP contribution >= 0.6 is 0 Å². The number of fused-ring (bicyclic) bond motifs is 1. The molecule has 0 aliphatic heterocycles. The van der Waals surface area contributed by atoms with Crippen molar-refractivity contribution in [1.29, 1.82) is 0 Å². The number of benzene rings is 2. The molecule has 0 aliphatic rings. The lowest BCUT2D eigenvalue weighted by Gasteiger charge is -2.10. The fourth-order valence-electron chi connectivity index (χ4n) is 2.14. The van der Waals surface area contributed by atoms with E-state index in [9.17, 15) is 23.3 Å². The maximum Gasteiger partial charge on any atom is 0.416 e. The van der Waals surface area contributed by atoms with E-state index in [1.807, 2.05) is 0 Å². The zero-order chi connectivity index (χ0) is 17.3. The average Bonchev–Trinajstić information content (AvgIpc) is 2.54. The van der Waals surface area contributed by atoms with Crippen molar-refractivity contribution < 1.29 is 18.1 Å². The number of non-ortho nitro benzene ring substituents is 1. The molecule has 0 radical (unpaired) electrons. The number of hydrogen-bond donors (Lipinski definition) is 1. The highest BCUT2D eigenvalue weighted by atomic mass is 19.4. The van der Waals surface area contributed by atoms with E-state index in [-0.39, 0.29) is 11.5 Å². The number of nitrogens with one attached hydrogen (secondary N) is 1. The molecule has 3 rings (SSSR count). The van der Waals surface area contributed by atoms with Crippen molar-refractivity contribution in [2.24, 2.45) is 0 Å². The first-order chi connectivity index (χ1) is 11.3. The molecular formula is C15H9F3N4O2. The number of nitro benzene ring substituents is 1. The molecule has 6 nitrogen and oxygen atoms in total. The van der Waals surface area contributed by atoms with Gasteiger partial charge < -0.3 is 5.32 Å². The first kappa shape index (κ1) is 15.7. The Morgan fingerprint density at radius 3 is 2.38 bits per heavy atom. The molecule has 122 valence electrons. The van der Waals surface area contributed by atoms with Crippen molar-refractivity contribution in [3.05, 3.63) is 64.5 Å². The number of nitrogens with zero attached hydrogens (tertiary/aromatic N) is 3. The molecule has 0 unspecified atom stereocenters. The van der Waals surface area contributed by atoms with Crippen LogP contribution < -0.4 is 5.32 Å². The first-order valence-electron chi connectivity index (χ1n) is 6.68. The van der Waals surface area contributed by atoms with E-state index in [2.05, 4.69) is 15.3 Å². The summed E-state index contributed by atoms with van der Waals surface area (Å²) < 4.78 is 37.7. The van der Waals surface area contributed by atoms with Crippen molar-refractivity contribution in [3.8, 4) is 0 Å². The van der Waals surface area contributed by atoms with E-state index in [1.165, 1.54) is 36.7 Å². The van der Waals surface area contributed by atoms with Gasteiger partial charge in [-0.1, -0.05) is 0 Å². The fourth-order valence-corrected chi connectivity index (χ4v) is 2.14. The van der Waals surface area contributed by atoms with E-state index in [0.717, 1.165) is 12.1 Å². The second-order valence-electron chi connectivity index (χ2n) is 4.88. The van der Waals surface area contributed by atoms with Crippen LogP contribution in [0.25, 0.3) is 10.9 Å². The molecule has 0 aliphatic carbocycles. The zero-order valence-electron chi connectivity index (χ0n) is 11.9. The molecule has 1 heterocycles. The predicted molar refractivity (Wildman–Crippen MR) is 80.9 cm³/mol. The van der Waals surface area contributed by atoms with Crippen molar-refractivity contribution >= 4 is 28.1 Å². The van der Waals surface area contributed by atoms with Gasteiger partial charge in [0.25, 0.3) is 5.69 Å². The van der Waals surface area contributed by atoms with Gasteiger partial charge in [0.05, 0.1) is 16.0 Å². The van der Waals surface area contributed by atoms with Crippen LogP contribution in [-0.4, -0.2) is 14.9 Å². The quantitative estimate of drug-likeness (QED) is 0.570. The maximum absolute atomic E-state index is 12.6. The van der Waals surface area contributed by atoms with Gasteiger partial charge in [0.2, 0.25) is 0 Å². The highest BCUT2D eigenvalue weighted by Crippen LogP contribution is 2.31. The molecule has 0 atom stereocenters. The highest BCUT2D eigenvalue weighted by Gasteiger charge is 2.29. The SMILES string of the molecule is O=[N+]([O-])c1ccc2ncnc(Nc3ccc(C(F)(F)F)cc3)c2c1. The third kappa shape index (κ3) is 3.09. The molecule has 3 aromatic rings. The van der Waals surface area contributed by atoms with Crippen LogP contribution in [0.1, 0.15) is 5.56 Å². The summed E-state index contributed by atoms with van der Waals surface area (Å²) in [4.78, 5) is 18.4. The second-order valence-corrected chi connectivity index (χ2v) is 4.88. The van der Waals surface area contributed by atoms with Crippen LogP contribution in [0.2, 0.25) is 0 Å². The number of halogens is 3. The highest BCUT2D eigenvalue weighted by molar-refractivity contribution is 5.92. The Morgan fingerprint density at radius 2 is 1.75 bits per heavy atom. The van der Waals surface area contributed by atoms with Gasteiger partial charge in [-0.2, -0.15) is 13.2 Å². The van der Waals surface area contributed by atoms with E-state index in [1.54, 1.807) is 0 Å². The maximum atomic E-state index is 12.6. The molecule has 24 heavy (non-hydrogen) atoms. The monoisotopic (exact) mass is 334 g/mol. The van der Waals surface area contributed by atoms with Crippen LogP contribution in [0.15, 0.2) is 48.8 Å². The Balaban J connectivity index is 1.97. The third-order valence-corrected chi connectivity index (χ3v) is 3.30. The van der Waals surface area contributed by atoms with Gasteiger partial charge in [0, 0.05) is 23.2 Å². The summed E-state index contributed by atoms with van der Waals surface area (Å²) in [5.41, 5.74) is -0.0523. The van der Waals surface area contributed by atoms with Crippen LogP contribution in [0.4, 0.5) is 30.4 Å². The summed E-state index contributed by atoms with van der Waals surface area (Å²) in [6, 6.07) is 8.50. The number of alkyl halides is 3. The summed E-state index contributed by atoms with van der Waals surface area (Å²) in [5.74, 6) is 0.267. The number of hydrogen-bond acceptors (Lipinski definition) is 5. The van der Waals surface area contributed by atoms with E-state index >= 15 is 0 Å². The van der Waals surface area contributed by atoms with Gasteiger partial charge in [-0.05, 0) is 30.3 Å². The molecule has 1 aromatic heterocycles. The Hall–Kier alpha value is -3.23. The Kier molecular flexibility index (Phi) is 3.76. The minimum atomic E-state index is -4.42. The number of anilines is 2. The van der Waals surface area contributed by atoms with Gasteiger partial charge in [-0.3, -0.25) is 10.1 Å². The predicted octanol–water partition coefficient (Wildman–Crippen LogP) is 4.30. The molecule has 0 bridgehead atoms. The summed E-state index contributed by atoms with van der Waals surface area (Å²) >= 11 is 0. The molecule has 0 saturated carbocycles. The smallest absolute Gasteiger partial charge is 0.340 e. The Bertz CT molecular complexity index is 911. The Labute approximate surface area is 133 Å². The third-order valence-electron chi connectivity index (χ3n) is 3.30. The number of nitro groups is 1. The largest absolute Gasteiger partial charge is 0.416 e. The van der Waals surface area contributed by atoms with Crippen molar-refractivity contribution in [2.75, 3.05) is 5.32 Å². The van der Waals surface area contributed by atoms with E-state index in [4.69, 9.17) is 0 Å². The Morgan fingerprint density at radius 1 is 1.04 bits per heavy atom. The molecule has 0 fully saturated rings. The van der Waals surface area contributed by atoms with Gasteiger partial charge in [-0.15, -0.1) is 0 Å². The van der Waals surface area contributed by atoms with E-state index < -0.39 is 16.7 Å². The number of rotatable bonds is 3. The summed E-state index contributed by atoms with van der Waals surface area (Å²) in [5, 5.41) is 14.1. The fraction of sp³-hybridized carbons (Fsp3) is 0.0667. The first-order valence-corrected chi connectivity index (χ1v) is 6.68. The lowest BCUT2D eigenvalue weighted by Crippen LogP contribution is -2.04. The summed E-state index contributed by atoms with van der Waals surface area (Å²) in [7, 11) is 0. The van der Waals surface area contributed by atoms with Crippen molar-refractivity contribution in [1.82, 2.24) is 9.97 Å². The second kappa shape index (κ2) is 5.76. The summed E-state index contributed by atoms with van der Waals surface area (Å²) in [6.07, 6.45) is -3.15. The normalized spacial score (nSPS) is 11.5. The lowest BCUT2D eigenvalue weighted by molar-refractivity contribution is -0.384. The average molecular weight is 334 g/mol. The molecular weight excluding hydrogens is 325 g/mol. The topological polar surface area (TPSA) is 81.0 Å². The van der Waals surface area contributed by atoms with Crippen molar-refractivity contribution in [3.63, 3.8) is 0 Å². The van der Waals surface area contributed by atoms with E-state index in [0.29, 0.717) is 16.6 Å². The zero-order valence-corrected chi connectivity index (χ0v) is 11.9. The van der Waals surface area contributed by atoms with Crippen LogP contribution in [0, 0.1) is 10.1 Å². The van der Waals surface area contributed by atoms with Crippen LogP contribution in [0.5, 0.6) is 0 Å². The standard InChI is InChI=1S/C15H9F3N4O2/c16-15(17,18)9-1-3-10(4-2-9)21-14-12-7-11(22(23)24)5-6-13(12)19-8-20-14/h1-8H,(H,19,20,21). The van der Waals surface area contributed by atoms with Gasteiger partial charge >= 0.3 is 6.18 Å². The van der Waals surface area contributed by atoms with Gasteiger partial charge in [-0.25, -0.2) is 9.97 Å². The molecule has 0 amide bonds. The molecule has 0 spiro atoms. The van der Waals surface area contributed by atoms with Gasteiger partial charge in [0.1, 0.15) is 12.1 Å². The molecule has 2 aromatic carbocycles. The molecule has 9 heteroatoms.